The van der Waals surface area contributed by atoms with Gasteiger partial charge in [-0.3, -0.25) is 4.72 Å². The molecule has 0 aliphatic heterocycles. The van der Waals surface area contributed by atoms with E-state index >= 15 is 0 Å². The fraction of sp³-hybridized carbons (Fsp3) is 0.188. The van der Waals surface area contributed by atoms with Crippen molar-refractivity contribution in [1.29, 1.82) is 0 Å². The molecule has 3 rings (SSSR count). The van der Waals surface area contributed by atoms with Crippen LogP contribution in [0.3, 0.4) is 0 Å². The normalized spacial score (nSPS) is 11.5. The van der Waals surface area contributed by atoms with Gasteiger partial charge in [-0.1, -0.05) is 0 Å². The second kappa shape index (κ2) is 6.30. The Bertz CT molecular complexity index is 1120. The van der Waals surface area contributed by atoms with Crippen molar-refractivity contribution in [2.24, 2.45) is 0 Å². The van der Waals surface area contributed by atoms with E-state index in [-0.39, 0.29) is 23.3 Å². The van der Waals surface area contributed by atoms with Crippen LogP contribution < -0.4 is 15.2 Å². The third kappa shape index (κ3) is 3.45. The molecule has 0 bridgehead atoms. The van der Waals surface area contributed by atoms with Crippen LogP contribution in [0.1, 0.15) is 5.69 Å². The zero-order valence-electron chi connectivity index (χ0n) is 14.3. The Morgan fingerprint density at radius 3 is 2.58 bits per heavy atom. The van der Waals surface area contributed by atoms with Crippen molar-refractivity contribution in [3.8, 4) is 22.8 Å². The molecule has 0 unspecified atom stereocenters. The molecular formula is C16H17N5O4S. The van der Waals surface area contributed by atoms with Gasteiger partial charge in [0, 0.05) is 17.1 Å². The van der Waals surface area contributed by atoms with Gasteiger partial charge < -0.3 is 15.6 Å². The molecule has 0 amide bonds. The lowest BCUT2D eigenvalue weighted by Crippen LogP contribution is -2.11. The number of rotatable bonds is 4. The number of nitrogens with one attached hydrogen (secondary N) is 1. The smallest absolute Gasteiger partial charge is 0.238 e. The average Bonchev–Trinajstić information content (AvgIpc) is 2.54. The van der Waals surface area contributed by atoms with Crippen LogP contribution in [0.4, 0.5) is 11.6 Å². The number of fused-ring (bicyclic) bond motifs is 1. The van der Waals surface area contributed by atoms with Gasteiger partial charge in [-0.2, -0.15) is 0 Å². The molecule has 4 N–H and O–H groups in total. The number of hydrogen-bond acceptors (Lipinski definition) is 8. The van der Waals surface area contributed by atoms with Crippen LogP contribution in [0.25, 0.3) is 22.0 Å². The molecule has 0 fully saturated rings. The predicted octanol–water partition coefficient (Wildman–Crippen LogP) is 1.67. The maximum atomic E-state index is 11.6. The summed E-state index contributed by atoms with van der Waals surface area (Å²) in [4.78, 5) is 12.3. The largest absolute Gasteiger partial charge is 0.506 e. The number of aromatic hydroxyl groups is 1. The Morgan fingerprint density at radius 1 is 1.19 bits per heavy atom. The van der Waals surface area contributed by atoms with Crippen LogP contribution in [0.2, 0.25) is 0 Å². The van der Waals surface area contributed by atoms with E-state index in [2.05, 4.69) is 19.7 Å². The third-order valence-corrected chi connectivity index (χ3v) is 4.25. The van der Waals surface area contributed by atoms with Gasteiger partial charge in [0.25, 0.3) is 0 Å². The number of aromatic nitrogens is 3. The summed E-state index contributed by atoms with van der Waals surface area (Å²) in [5.41, 5.74) is 7.96. The van der Waals surface area contributed by atoms with Gasteiger partial charge in [-0.25, -0.2) is 23.4 Å². The van der Waals surface area contributed by atoms with Crippen LogP contribution >= 0.6 is 0 Å². The molecule has 0 atom stereocenters. The molecule has 26 heavy (non-hydrogen) atoms. The minimum absolute atomic E-state index is 0.0665. The van der Waals surface area contributed by atoms with E-state index < -0.39 is 10.0 Å². The van der Waals surface area contributed by atoms with E-state index in [9.17, 15) is 13.5 Å². The van der Waals surface area contributed by atoms with Crippen molar-refractivity contribution in [3.05, 3.63) is 30.1 Å². The number of phenolic OH excluding ortho intramolecular Hbond substituents is 1. The maximum absolute atomic E-state index is 11.6. The number of methoxy groups -OCH3 is 1. The number of pyridine rings is 1. The summed E-state index contributed by atoms with van der Waals surface area (Å²) >= 11 is 0. The molecule has 0 saturated carbocycles. The van der Waals surface area contributed by atoms with Gasteiger partial charge in [-0.05, 0) is 30.7 Å². The fourth-order valence-corrected chi connectivity index (χ4v) is 3.14. The van der Waals surface area contributed by atoms with Crippen LogP contribution in [0.5, 0.6) is 11.6 Å². The van der Waals surface area contributed by atoms with Crippen molar-refractivity contribution in [2.75, 3.05) is 23.8 Å². The summed E-state index contributed by atoms with van der Waals surface area (Å²) in [6, 6.07) is 4.85. The number of nitrogen functional groups attached to an aromatic ring is 1. The minimum atomic E-state index is -3.52. The fourth-order valence-electron chi connectivity index (χ4n) is 2.60. The molecule has 0 aliphatic carbocycles. The predicted molar refractivity (Wildman–Crippen MR) is 98.6 cm³/mol. The first kappa shape index (κ1) is 17.7. The standard InChI is InChI=1S/C16H17N5O4S/c1-8-11-4-9(6-13(22)14(11)20-16(17)19-8)10-5-12(21-26(3,23)24)15(25-2)18-7-10/h4-7,21-22H,1-3H3,(H2,17,19,20). The highest BCUT2D eigenvalue weighted by Crippen LogP contribution is 2.34. The molecule has 10 heteroatoms. The van der Waals surface area contributed by atoms with Crippen LogP contribution in [0.15, 0.2) is 24.4 Å². The summed E-state index contributed by atoms with van der Waals surface area (Å²) < 4.78 is 30.6. The van der Waals surface area contributed by atoms with Crippen LogP contribution in [0, 0.1) is 6.92 Å². The number of benzene rings is 1. The molecule has 136 valence electrons. The molecule has 1 aromatic carbocycles. The van der Waals surface area contributed by atoms with E-state index in [4.69, 9.17) is 10.5 Å². The van der Waals surface area contributed by atoms with E-state index in [0.717, 1.165) is 6.26 Å². The summed E-state index contributed by atoms with van der Waals surface area (Å²) in [5.74, 6) is 0.142. The molecule has 2 aromatic heterocycles. The summed E-state index contributed by atoms with van der Waals surface area (Å²) in [6.07, 6.45) is 2.55. The lowest BCUT2D eigenvalue weighted by Gasteiger charge is -2.12. The number of anilines is 2. The number of sulfonamides is 1. The highest BCUT2D eigenvalue weighted by molar-refractivity contribution is 7.92. The summed E-state index contributed by atoms with van der Waals surface area (Å²) in [5, 5.41) is 10.9. The first-order valence-electron chi connectivity index (χ1n) is 7.47. The van der Waals surface area contributed by atoms with Crippen molar-refractivity contribution in [3.63, 3.8) is 0 Å². The second-order valence-corrected chi connectivity index (χ2v) is 7.46. The Kier molecular flexibility index (Phi) is 4.28. The number of aryl methyl sites for hydroxylation is 1. The number of ether oxygens (including phenoxy) is 1. The van der Waals surface area contributed by atoms with Crippen molar-refractivity contribution >= 4 is 32.6 Å². The zero-order valence-corrected chi connectivity index (χ0v) is 15.1. The maximum Gasteiger partial charge on any atom is 0.238 e. The highest BCUT2D eigenvalue weighted by Gasteiger charge is 2.14. The van der Waals surface area contributed by atoms with E-state index in [0.29, 0.717) is 27.7 Å². The number of nitrogens with two attached hydrogens (primary N) is 1. The average molecular weight is 375 g/mol. The van der Waals surface area contributed by atoms with E-state index in [1.54, 1.807) is 19.1 Å². The van der Waals surface area contributed by atoms with Crippen molar-refractivity contribution < 1.29 is 18.3 Å². The Labute approximate surface area is 149 Å². The number of hydrogen-bond donors (Lipinski definition) is 3. The topological polar surface area (TPSA) is 140 Å². The molecule has 9 nitrogen and oxygen atoms in total. The van der Waals surface area contributed by atoms with Crippen molar-refractivity contribution in [2.45, 2.75) is 6.92 Å². The first-order valence-corrected chi connectivity index (χ1v) is 9.36. The molecule has 0 radical (unpaired) electrons. The van der Waals surface area contributed by atoms with Gasteiger partial charge in [0.1, 0.15) is 17.0 Å². The number of phenols is 1. The highest BCUT2D eigenvalue weighted by atomic mass is 32.2. The zero-order chi connectivity index (χ0) is 19.1. The monoisotopic (exact) mass is 375 g/mol. The number of nitrogens with zero attached hydrogens (tertiary/aromatic N) is 3. The molecule has 3 aromatic rings. The summed E-state index contributed by atoms with van der Waals surface area (Å²) in [7, 11) is -2.13. The molecule has 0 aliphatic rings. The van der Waals surface area contributed by atoms with Gasteiger partial charge in [0.05, 0.1) is 19.1 Å². The lowest BCUT2D eigenvalue weighted by molar-refractivity contribution is 0.400. The first-order chi connectivity index (χ1) is 12.2. The Morgan fingerprint density at radius 2 is 1.92 bits per heavy atom. The van der Waals surface area contributed by atoms with Gasteiger partial charge in [0.15, 0.2) is 0 Å². The minimum Gasteiger partial charge on any atom is -0.506 e. The van der Waals surface area contributed by atoms with Crippen LogP contribution in [-0.2, 0) is 10.0 Å². The van der Waals surface area contributed by atoms with Crippen LogP contribution in [-0.4, -0.2) is 41.8 Å². The molecular weight excluding hydrogens is 358 g/mol. The van der Waals surface area contributed by atoms with Crippen molar-refractivity contribution in [1.82, 2.24) is 15.0 Å². The lowest BCUT2D eigenvalue weighted by atomic mass is 10.0. The Hall–Kier alpha value is -3.14. The van der Waals surface area contributed by atoms with E-state index in [1.807, 2.05) is 0 Å². The second-order valence-electron chi connectivity index (χ2n) is 5.71. The molecule has 0 saturated heterocycles. The quantitative estimate of drug-likeness (QED) is 0.625. The Balaban J connectivity index is 2.19. The summed E-state index contributed by atoms with van der Waals surface area (Å²) in [6.45, 7) is 1.76. The van der Waals surface area contributed by atoms with E-state index in [1.165, 1.54) is 19.4 Å². The SMILES string of the molecule is COc1ncc(-c2cc(O)c3nc(N)nc(C)c3c2)cc1NS(C)(=O)=O. The molecule has 2 heterocycles. The third-order valence-electron chi connectivity index (χ3n) is 3.66. The van der Waals surface area contributed by atoms with Gasteiger partial charge >= 0.3 is 0 Å². The molecule has 0 spiro atoms. The van der Waals surface area contributed by atoms with Gasteiger partial charge in [-0.15, -0.1) is 0 Å². The van der Waals surface area contributed by atoms with Gasteiger partial charge in [0.2, 0.25) is 21.9 Å².